The molecule has 2 heterocycles. The number of nitrogens with zero attached hydrogens (tertiary/aromatic N) is 1. The molecule has 3 unspecified atom stereocenters. The van der Waals surface area contributed by atoms with Gasteiger partial charge in [-0.2, -0.15) is 0 Å². The summed E-state index contributed by atoms with van der Waals surface area (Å²) in [4.78, 5) is 0. The van der Waals surface area contributed by atoms with Crippen molar-refractivity contribution in [2.75, 3.05) is 6.54 Å². The lowest BCUT2D eigenvalue weighted by Crippen LogP contribution is -2.40. The number of fused-ring (bicyclic) bond motifs is 3. The molecule has 2 saturated heterocycles. The van der Waals surface area contributed by atoms with E-state index in [0.29, 0.717) is 0 Å². The summed E-state index contributed by atoms with van der Waals surface area (Å²) in [6.45, 7) is 1.30. The van der Waals surface area contributed by atoms with Crippen LogP contribution in [0.5, 0.6) is 0 Å². The molecule has 0 aromatic heterocycles. The average molecular weight is 293 g/mol. The molecular formula is C19H36N2. The van der Waals surface area contributed by atoms with E-state index < -0.39 is 0 Å². The fourth-order valence-electron chi connectivity index (χ4n) is 4.97. The Morgan fingerprint density at radius 1 is 0.571 bits per heavy atom. The van der Waals surface area contributed by atoms with Gasteiger partial charge in [-0.25, -0.2) is 5.01 Å². The molecule has 3 rings (SSSR count). The van der Waals surface area contributed by atoms with E-state index in [9.17, 15) is 0 Å². The van der Waals surface area contributed by atoms with Crippen LogP contribution in [0.25, 0.3) is 0 Å². The number of hydrogen-bond acceptors (Lipinski definition) is 2. The molecule has 1 saturated carbocycles. The van der Waals surface area contributed by atoms with Crippen molar-refractivity contribution in [2.45, 2.75) is 108 Å². The van der Waals surface area contributed by atoms with Crippen LogP contribution in [0.2, 0.25) is 0 Å². The van der Waals surface area contributed by atoms with Crippen LogP contribution in [0.4, 0.5) is 0 Å². The summed E-state index contributed by atoms with van der Waals surface area (Å²) in [7, 11) is 0. The van der Waals surface area contributed by atoms with Crippen molar-refractivity contribution in [3.63, 3.8) is 0 Å². The van der Waals surface area contributed by atoms with Gasteiger partial charge in [0.05, 0.1) is 0 Å². The maximum absolute atomic E-state index is 3.96. The zero-order chi connectivity index (χ0) is 14.3. The van der Waals surface area contributed by atoms with Gasteiger partial charge in [-0.05, 0) is 31.6 Å². The fraction of sp³-hybridized carbons (Fsp3) is 1.00. The van der Waals surface area contributed by atoms with Crippen molar-refractivity contribution in [3.05, 3.63) is 0 Å². The molecule has 0 bridgehead atoms. The predicted octanol–water partition coefficient (Wildman–Crippen LogP) is 5.04. The lowest BCUT2D eigenvalue weighted by atomic mass is 9.82. The SMILES string of the molecule is C1CCCCC2C(CCC1)NN1CCCCCCCCC21. The van der Waals surface area contributed by atoms with Gasteiger partial charge in [0.25, 0.3) is 0 Å². The first-order chi connectivity index (χ1) is 10.4. The van der Waals surface area contributed by atoms with Crippen LogP contribution in [0.15, 0.2) is 0 Å². The van der Waals surface area contributed by atoms with E-state index in [0.717, 1.165) is 18.0 Å². The van der Waals surface area contributed by atoms with Crippen molar-refractivity contribution >= 4 is 0 Å². The highest BCUT2D eigenvalue weighted by Gasteiger charge is 2.39. The Balaban J connectivity index is 1.64. The van der Waals surface area contributed by atoms with E-state index in [1.54, 1.807) is 0 Å². The molecule has 2 aliphatic heterocycles. The summed E-state index contributed by atoms with van der Waals surface area (Å²) in [5.41, 5.74) is 3.96. The molecule has 0 radical (unpaired) electrons. The number of nitrogens with one attached hydrogen (secondary N) is 1. The highest BCUT2D eigenvalue weighted by Crippen LogP contribution is 2.34. The summed E-state index contributed by atoms with van der Waals surface area (Å²) in [6.07, 6.45) is 21.9. The van der Waals surface area contributed by atoms with E-state index >= 15 is 0 Å². The van der Waals surface area contributed by atoms with Gasteiger partial charge in [0.2, 0.25) is 0 Å². The first kappa shape index (κ1) is 15.8. The van der Waals surface area contributed by atoms with E-state index in [2.05, 4.69) is 10.4 Å². The lowest BCUT2D eigenvalue weighted by Gasteiger charge is -2.28. The second-order valence-electron chi connectivity index (χ2n) is 7.77. The summed E-state index contributed by atoms with van der Waals surface area (Å²) >= 11 is 0. The quantitative estimate of drug-likeness (QED) is 0.673. The van der Waals surface area contributed by atoms with Gasteiger partial charge >= 0.3 is 0 Å². The third-order valence-electron chi connectivity index (χ3n) is 6.19. The minimum Gasteiger partial charge on any atom is -0.252 e. The van der Waals surface area contributed by atoms with Gasteiger partial charge < -0.3 is 0 Å². The Morgan fingerprint density at radius 2 is 1.14 bits per heavy atom. The Morgan fingerprint density at radius 3 is 1.90 bits per heavy atom. The van der Waals surface area contributed by atoms with E-state index in [4.69, 9.17) is 0 Å². The zero-order valence-corrected chi connectivity index (χ0v) is 14.0. The predicted molar refractivity (Wildman–Crippen MR) is 90.2 cm³/mol. The molecule has 3 fully saturated rings. The normalized spacial score (nSPS) is 37.4. The maximum atomic E-state index is 3.96. The van der Waals surface area contributed by atoms with Crippen LogP contribution in [0.3, 0.4) is 0 Å². The topological polar surface area (TPSA) is 15.3 Å². The average Bonchev–Trinajstić information content (AvgIpc) is 2.84. The third kappa shape index (κ3) is 4.45. The molecule has 0 amide bonds. The Bertz CT molecular complexity index is 263. The van der Waals surface area contributed by atoms with Crippen molar-refractivity contribution < 1.29 is 0 Å². The Labute approximate surface area is 132 Å². The number of rotatable bonds is 0. The van der Waals surface area contributed by atoms with Crippen molar-refractivity contribution in [3.8, 4) is 0 Å². The van der Waals surface area contributed by atoms with Crippen molar-refractivity contribution in [2.24, 2.45) is 5.92 Å². The number of hydrazine groups is 1. The molecule has 0 spiro atoms. The van der Waals surface area contributed by atoms with E-state index in [1.807, 2.05) is 0 Å². The maximum Gasteiger partial charge on any atom is 0.0287 e. The first-order valence-electron chi connectivity index (χ1n) is 9.98. The summed E-state index contributed by atoms with van der Waals surface area (Å²) in [6, 6.07) is 1.65. The second kappa shape index (κ2) is 8.53. The standard InChI is InChI=1S/C19H36N2/c1-2-6-10-14-18-17(13-9-5-1)19-15-11-7-3-4-8-12-16-21(19)20-18/h17-20H,1-16H2. The first-order valence-corrected chi connectivity index (χ1v) is 9.98. The Hall–Kier alpha value is -0.0800. The summed E-state index contributed by atoms with van der Waals surface area (Å²) < 4.78 is 0. The van der Waals surface area contributed by atoms with Gasteiger partial charge in [-0.3, -0.25) is 5.43 Å². The molecular weight excluding hydrogens is 256 g/mol. The molecule has 2 heteroatoms. The number of hydrogen-bond donors (Lipinski definition) is 1. The van der Waals surface area contributed by atoms with E-state index in [-0.39, 0.29) is 0 Å². The van der Waals surface area contributed by atoms with Crippen LogP contribution in [-0.4, -0.2) is 23.6 Å². The van der Waals surface area contributed by atoms with Gasteiger partial charge in [0, 0.05) is 18.6 Å². The Kier molecular flexibility index (Phi) is 6.42. The van der Waals surface area contributed by atoms with Crippen LogP contribution < -0.4 is 5.43 Å². The molecule has 0 aromatic carbocycles. The van der Waals surface area contributed by atoms with Crippen LogP contribution in [-0.2, 0) is 0 Å². The van der Waals surface area contributed by atoms with Crippen LogP contribution >= 0.6 is 0 Å². The molecule has 0 aromatic rings. The fourth-order valence-corrected chi connectivity index (χ4v) is 4.97. The molecule has 1 aliphatic carbocycles. The van der Waals surface area contributed by atoms with Gasteiger partial charge in [0.1, 0.15) is 0 Å². The lowest BCUT2D eigenvalue weighted by molar-refractivity contribution is 0.149. The molecule has 2 nitrogen and oxygen atoms in total. The van der Waals surface area contributed by atoms with Crippen molar-refractivity contribution in [1.29, 1.82) is 0 Å². The van der Waals surface area contributed by atoms with Gasteiger partial charge in [-0.1, -0.05) is 70.6 Å². The zero-order valence-electron chi connectivity index (χ0n) is 14.0. The van der Waals surface area contributed by atoms with Crippen molar-refractivity contribution in [1.82, 2.24) is 10.4 Å². The smallest absolute Gasteiger partial charge is 0.0287 e. The third-order valence-corrected chi connectivity index (χ3v) is 6.19. The molecule has 3 aliphatic rings. The monoisotopic (exact) mass is 292 g/mol. The van der Waals surface area contributed by atoms with Gasteiger partial charge in [-0.15, -0.1) is 0 Å². The second-order valence-corrected chi connectivity index (χ2v) is 7.77. The minimum absolute atomic E-state index is 0.800. The highest BCUT2D eigenvalue weighted by molar-refractivity contribution is 4.93. The van der Waals surface area contributed by atoms with Crippen LogP contribution in [0.1, 0.15) is 96.3 Å². The van der Waals surface area contributed by atoms with E-state index in [1.165, 1.54) is 103 Å². The summed E-state index contributed by atoms with van der Waals surface area (Å²) in [5.74, 6) is 0.947. The highest BCUT2D eigenvalue weighted by atomic mass is 15.6. The van der Waals surface area contributed by atoms with Crippen LogP contribution in [0, 0.1) is 5.92 Å². The molecule has 122 valence electrons. The summed E-state index contributed by atoms with van der Waals surface area (Å²) in [5, 5.41) is 2.69. The molecule has 21 heavy (non-hydrogen) atoms. The van der Waals surface area contributed by atoms with Gasteiger partial charge in [0.15, 0.2) is 0 Å². The minimum atomic E-state index is 0.800. The molecule has 3 atom stereocenters. The largest absolute Gasteiger partial charge is 0.252 e. The molecule has 1 N–H and O–H groups in total.